The van der Waals surface area contributed by atoms with Gasteiger partial charge in [-0.3, -0.25) is 0 Å². The molecular weight excluding hydrogens is 226 g/mol. The fraction of sp³-hybridized carbons (Fsp3) is 0.545. The maximum Gasteiger partial charge on any atom is 0.339 e. The lowest BCUT2D eigenvalue weighted by Crippen LogP contribution is -2.23. The highest BCUT2D eigenvalue weighted by Crippen LogP contribution is 2.25. The molecule has 0 bridgehead atoms. The Kier molecular flexibility index (Phi) is 3.90. The molecule has 2 rings (SSSR count). The first kappa shape index (κ1) is 11.5. The van der Waals surface area contributed by atoms with Crippen molar-refractivity contribution >= 4 is 17.7 Å². The van der Waals surface area contributed by atoms with Gasteiger partial charge in [0.15, 0.2) is 0 Å². The molecule has 88 valence electrons. The lowest BCUT2D eigenvalue weighted by molar-refractivity contribution is 0.0694. The lowest BCUT2D eigenvalue weighted by atomic mass is 10.2. The monoisotopic (exact) mass is 241 g/mol. The van der Waals surface area contributed by atoms with Crippen LogP contribution in [0.4, 0.5) is 0 Å². The Morgan fingerprint density at radius 3 is 3.25 bits per heavy atom. The van der Waals surface area contributed by atoms with E-state index in [4.69, 9.17) is 9.52 Å². The van der Waals surface area contributed by atoms with Crippen LogP contribution in [0.15, 0.2) is 16.7 Å². The van der Waals surface area contributed by atoms with Gasteiger partial charge in [0.05, 0.1) is 12.8 Å². The summed E-state index contributed by atoms with van der Waals surface area (Å²) >= 11 is 1.98. The van der Waals surface area contributed by atoms with Crippen LogP contribution in [0.5, 0.6) is 0 Å². The van der Waals surface area contributed by atoms with Gasteiger partial charge in [-0.15, -0.1) is 0 Å². The minimum Gasteiger partial charge on any atom is -0.478 e. The molecule has 16 heavy (non-hydrogen) atoms. The Balaban J connectivity index is 1.80. The Bertz CT molecular complexity index is 358. The van der Waals surface area contributed by atoms with Crippen LogP contribution in [0.2, 0.25) is 0 Å². The predicted octanol–water partition coefficient (Wildman–Crippen LogP) is 1.96. The van der Waals surface area contributed by atoms with Crippen molar-refractivity contribution in [3.8, 4) is 0 Å². The molecule has 1 unspecified atom stereocenters. The van der Waals surface area contributed by atoms with Crippen molar-refractivity contribution in [2.75, 3.05) is 12.3 Å². The Hall–Kier alpha value is -0.940. The molecule has 0 aliphatic carbocycles. The number of rotatable bonds is 5. The van der Waals surface area contributed by atoms with Gasteiger partial charge < -0.3 is 14.8 Å². The average Bonchev–Trinajstić information content (AvgIpc) is 2.87. The van der Waals surface area contributed by atoms with Crippen LogP contribution in [0.3, 0.4) is 0 Å². The Morgan fingerprint density at radius 2 is 2.56 bits per heavy atom. The second-order valence-electron chi connectivity index (χ2n) is 3.83. The smallest absolute Gasteiger partial charge is 0.339 e. The van der Waals surface area contributed by atoms with Crippen LogP contribution in [0, 0.1) is 0 Å². The van der Waals surface area contributed by atoms with Crippen LogP contribution in [-0.2, 0) is 6.54 Å². The van der Waals surface area contributed by atoms with Crippen LogP contribution in [0.25, 0.3) is 0 Å². The van der Waals surface area contributed by atoms with Crippen LogP contribution < -0.4 is 5.32 Å². The summed E-state index contributed by atoms with van der Waals surface area (Å²) in [6, 6.07) is 1.49. The molecule has 0 aromatic carbocycles. The second kappa shape index (κ2) is 5.41. The topological polar surface area (TPSA) is 62.5 Å². The molecule has 1 aliphatic heterocycles. The average molecular weight is 241 g/mol. The number of carboxylic acid groups (broad SMARTS) is 1. The molecule has 0 radical (unpaired) electrons. The molecule has 1 fully saturated rings. The van der Waals surface area contributed by atoms with E-state index in [1.807, 2.05) is 11.8 Å². The van der Waals surface area contributed by atoms with E-state index in [-0.39, 0.29) is 5.56 Å². The van der Waals surface area contributed by atoms with E-state index < -0.39 is 5.97 Å². The standard InChI is InChI=1S/C11H15NO3S/c13-11(14)9-3-4-15-10(9)7-12-6-8-2-1-5-16-8/h3-4,8,12H,1-2,5-7H2,(H,13,14). The number of aromatic carboxylic acids is 1. The summed E-state index contributed by atoms with van der Waals surface area (Å²) in [4.78, 5) is 10.8. The quantitative estimate of drug-likeness (QED) is 0.825. The van der Waals surface area contributed by atoms with Gasteiger partial charge >= 0.3 is 5.97 Å². The first-order valence-corrected chi connectivity index (χ1v) is 6.44. The molecule has 4 nitrogen and oxygen atoms in total. The highest BCUT2D eigenvalue weighted by atomic mass is 32.2. The fourth-order valence-electron chi connectivity index (χ4n) is 1.82. The summed E-state index contributed by atoms with van der Waals surface area (Å²) < 4.78 is 5.14. The van der Waals surface area contributed by atoms with E-state index in [0.29, 0.717) is 17.6 Å². The highest BCUT2D eigenvalue weighted by molar-refractivity contribution is 8.00. The molecule has 0 saturated carbocycles. The number of hydrogen-bond donors (Lipinski definition) is 2. The van der Waals surface area contributed by atoms with Crippen LogP contribution in [0.1, 0.15) is 29.0 Å². The third-order valence-electron chi connectivity index (χ3n) is 2.66. The lowest BCUT2D eigenvalue weighted by Gasteiger charge is -2.08. The molecule has 2 heterocycles. The van der Waals surface area contributed by atoms with Crippen molar-refractivity contribution in [2.45, 2.75) is 24.6 Å². The van der Waals surface area contributed by atoms with Crippen LogP contribution >= 0.6 is 11.8 Å². The number of hydrogen-bond acceptors (Lipinski definition) is 4. The van der Waals surface area contributed by atoms with E-state index in [9.17, 15) is 4.79 Å². The minimum atomic E-state index is -0.930. The number of carbonyl (C=O) groups is 1. The molecular formula is C11H15NO3S. The van der Waals surface area contributed by atoms with Crippen molar-refractivity contribution in [2.24, 2.45) is 0 Å². The van der Waals surface area contributed by atoms with Gasteiger partial charge in [-0.1, -0.05) is 0 Å². The largest absolute Gasteiger partial charge is 0.478 e. The first-order chi connectivity index (χ1) is 7.77. The van der Waals surface area contributed by atoms with Crippen molar-refractivity contribution in [1.82, 2.24) is 5.32 Å². The van der Waals surface area contributed by atoms with Gasteiger partial charge in [0.25, 0.3) is 0 Å². The molecule has 1 aromatic rings. The SMILES string of the molecule is O=C(O)c1ccoc1CNCC1CCCS1. The van der Waals surface area contributed by atoms with Gasteiger partial charge in [-0.05, 0) is 24.7 Å². The van der Waals surface area contributed by atoms with Crippen molar-refractivity contribution < 1.29 is 14.3 Å². The summed E-state index contributed by atoms with van der Waals surface area (Å²) in [5.74, 6) is 0.823. The van der Waals surface area contributed by atoms with E-state index in [0.717, 1.165) is 6.54 Å². The summed E-state index contributed by atoms with van der Waals surface area (Å²) in [6.45, 7) is 1.41. The summed E-state index contributed by atoms with van der Waals surface area (Å²) in [5, 5.41) is 12.8. The zero-order valence-electron chi connectivity index (χ0n) is 8.94. The van der Waals surface area contributed by atoms with Crippen molar-refractivity contribution in [1.29, 1.82) is 0 Å². The molecule has 1 aliphatic rings. The van der Waals surface area contributed by atoms with Gasteiger partial charge in [0.1, 0.15) is 11.3 Å². The van der Waals surface area contributed by atoms with Crippen LogP contribution in [-0.4, -0.2) is 28.6 Å². The molecule has 1 atom stereocenters. The van der Waals surface area contributed by atoms with E-state index in [2.05, 4.69) is 5.32 Å². The number of nitrogens with one attached hydrogen (secondary N) is 1. The Labute approximate surface area is 98.4 Å². The number of thioether (sulfide) groups is 1. The summed E-state index contributed by atoms with van der Waals surface area (Å²) in [7, 11) is 0. The fourth-order valence-corrected chi connectivity index (χ4v) is 3.06. The highest BCUT2D eigenvalue weighted by Gasteiger charge is 2.16. The summed E-state index contributed by atoms with van der Waals surface area (Å²) in [5.41, 5.74) is 0.256. The maximum atomic E-state index is 10.8. The van der Waals surface area contributed by atoms with E-state index in [1.165, 1.54) is 30.9 Å². The van der Waals surface area contributed by atoms with Crippen molar-refractivity contribution in [3.63, 3.8) is 0 Å². The molecule has 1 saturated heterocycles. The maximum absolute atomic E-state index is 10.8. The third kappa shape index (κ3) is 2.80. The molecule has 5 heteroatoms. The van der Waals surface area contributed by atoms with Gasteiger partial charge in [-0.2, -0.15) is 11.8 Å². The van der Waals surface area contributed by atoms with E-state index in [1.54, 1.807) is 0 Å². The molecule has 1 aromatic heterocycles. The number of carboxylic acids is 1. The van der Waals surface area contributed by atoms with Gasteiger partial charge in [0.2, 0.25) is 0 Å². The van der Waals surface area contributed by atoms with Gasteiger partial charge in [-0.25, -0.2) is 4.79 Å². The summed E-state index contributed by atoms with van der Waals surface area (Å²) in [6.07, 6.45) is 3.96. The normalized spacial score (nSPS) is 20.1. The Morgan fingerprint density at radius 1 is 1.69 bits per heavy atom. The number of furan rings is 1. The van der Waals surface area contributed by atoms with Gasteiger partial charge in [0, 0.05) is 11.8 Å². The predicted molar refractivity (Wildman–Crippen MR) is 62.9 cm³/mol. The molecule has 0 spiro atoms. The van der Waals surface area contributed by atoms with Crippen molar-refractivity contribution in [3.05, 3.63) is 23.7 Å². The molecule has 2 N–H and O–H groups in total. The third-order valence-corrected chi connectivity index (χ3v) is 4.06. The molecule has 0 amide bonds. The van der Waals surface area contributed by atoms with E-state index >= 15 is 0 Å². The zero-order chi connectivity index (χ0) is 11.4. The second-order valence-corrected chi connectivity index (χ2v) is 5.24. The zero-order valence-corrected chi connectivity index (χ0v) is 9.76. The first-order valence-electron chi connectivity index (χ1n) is 5.39. The minimum absolute atomic E-state index is 0.256.